The van der Waals surface area contributed by atoms with E-state index in [0.717, 1.165) is 0 Å². The van der Waals surface area contributed by atoms with Crippen molar-refractivity contribution in [3.63, 3.8) is 0 Å². The fourth-order valence-corrected chi connectivity index (χ4v) is 3.31. The van der Waals surface area contributed by atoms with Gasteiger partial charge in [0.2, 0.25) is 0 Å². The summed E-state index contributed by atoms with van der Waals surface area (Å²) in [4.78, 5) is 25.1. The number of hydrogen-bond acceptors (Lipinski definition) is 4. The molecular weight excluding hydrogens is 210 g/mol. The van der Waals surface area contributed by atoms with Crippen LogP contribution in [0.5, 0.6) is 0 Å². The van der Waals surface area contributed by atoms with Crippen molar-refractivity contribution in [1.29, 1.82) is 0 Å². The third-order valence-electron chi connectivity index (χ3n) is 4.21. The Hall–Kier alpha value is -1.14. The fourth-order valence-electron chi connectivity index (χ4n) is 3.31. The number of rotatable bonds is 0. The van der Waals surface area contributed by atoms with Crippen LogP contribution in [0.2, 0.25) is 0 Å². The van der Waals surface area contributed by atoms with Gasteiger partial charge >= 0.3 is 6.03 Å². The lowest BCUT2D eigenvalue weighted by Gasteiger charge is -2.41. The third-order valence-corrected chi connectivity index (χ3v) is 4.21. The van der Waals surface area contributed by atoms with Crippen molar-refractivity contribution in [2.75, 3.05) is 7.05 Å². The molecule has 4 atom stereocenters. The molecule has 0 aromatic rings. The van der Waals surface area contributed by atoms with Crippen molar-refractivity contribution in [2.24, 2.45) is 0 Å². The van der Waals surface area contributed by atoms with Crippen molar-refractivity contribution in [1.82, 2.24) is 15.5 Å². The summed E-state index contributed by atoms with van der Waals surface area (Å²) in [6.07, 6.45) is 1.39. The molecule has 3 aliphatic rings. The topological polar surface area (TPSA) is 81.7 Å². The van der Waals surface area contributed by atoms with Crippen LogP contribution in [0.15, 0.2) is 0 Å². The first-order chi connectivity index (χ1) is 7.52. The smallest absolute Gasteiger partial charge is 0.322 e. The maximum Gasteiger partial charge on any atom is 0.322 e. The van der Waals surface area contributed by atoms with Crippen LogP contribution in [-0.2, 0) is 4.79 Å². The number of urea groups is 1. The van der Waals surface area contributed by atoms with Crippen molar-refractivity contribution in [3.8, 4) is 0 Å². The number of nitrogens with one attached hydrogen (secondary N) is 2. The number of likely N-dealkylation sites (N-methyl/N-ethyl adjacent to an activating group) is 1. The second-order valence-corrected chi connectivity index (χ2v) is 5.09. The van der Waals surface area contributed by atoms with Crippen molar-refractivity contribution in [3.05, 3.63) is 0 Å². The first-order valence-electron chi connectivity index (χ1n) is 5.55. The molecule has 3 amide bonds. The molecule has 16 heavy (non-hydrogen) atoms. The molecule has 3 aliphatic heterocycles. The zero-order valence-corrected chi connectivity index (χ0v) is 9.06. The molecule has 0 aromatic carbocycles. The molecule has 6 heteroatoms. The number of aliphatic hydroxyl groups is 1. The van der Waals surface area contributed by atoms with E-state index in [4.69, 9.17) is 0 Å². The van der Waals surface area contributed by atoms with Gasteiger partial charge in [-0.05, 0) is 26.3 Å². The Labute approximate surface area is 93.0 Å². The second kappa shape index (κ2) is 2.95. The highest BCUT2D eigenvalue weighted by Crippen LogP contribution is 2.41. The second-order valence-electron chi connectivity index (χ2n) is 5.09. The highest BCUT2D eigenvalue weighted by Gasteiger charge is 2.57. The van der Waals surface area contributed by atoms with Crippen LogP contribution in [0.3, 0.4) is 0 Å². The third kappa shape index (κ3) is 1.14. The van der Waals surface area contributed by atoms with Gasteiger partial charge < -0.3 is 10.4 Å². The largest absolute Gasteiger partial charge is 0.391 e. The van der Waals surface area contributed by atoms with Crippen molar-refractivity contribution in [2.45, 2.75) is 43.0 Å². The van der Waals surface area contributed by atoms with Gasteiger partial charge in [-0.3, -0.25) is 15.0 Å². The lowest BCUT2D eigenvalue weighted by atomic mass is 9.83. The van der Waals surface area contributed by atoms with Gasteiger partial charge in [-0.1, -0.05) is 0 Å². The molecule has 3 fully saturated rings. The minimum absolute atomic E-state index is 0.0251. The zero-order valence-electron chi connectivity index (χ0n) is 9.06. The maximum absolute atomic E-state index is 11.8. The van der Waals surface area contributed by atoms with Gasteiger partial charge in [-0.25, -0.2) is 4.79 Å². The van der Waals surface area contributed by atoms with E-state index in [1.165, 1.54) is 0 Å². The Bertz CT molecular complexity index is 372. The normalized spacial score (nSPS) is 47.2. The monoisotopic (exact) mass is 225 g/mol. The summed E-state index contributed by atoms with van der Waals surface area (Å²) in [5, 5.41) is 14.9. The Morgan fingerprint density at radius 3 is 2.75 bits per heavy atom. The molecule has 3 heterocycles. The molecule has 0 aliphatic carbocycles. The van der Waals surface area contributed by atoms with E-state index in [9.17, 15) is 14.7 Å². The molecule has 3 N–H and O–H groups in total. The molecule has 0 aromatic heterocycles. The highest BCUT2D eigenvalue weighted by atomic mass is 16.3. The number of nitrogens with zero attached hydrogens (tertiary/aromatic N) is 1. The number of carbonyl (C=O) groups is 2. The summed E-state index contributed by atoms with van der Waals surface area (Å²) in [7, 11) is 1.97. The quantitative estimate of drug-likeness (QED) is 0.452. The van der Waals surface area contributed by atoms with Crippen LogP contribution in [0.4, 0.5) is 4.79 Å². The molecule has 3 saturated heterocycles. The number of carbonyl (C=O) groups excluding carboxylic acids is 2. The van der Waals surface area contributed by atoms with Crippen LogP contribution in [0.1, 0.15) is 19.3 Å². The van der Waals surface area contributed by atoms with Gasteiger partial charge in [-0.15, -0.1) is 0 Å². The molecule has 0 saturated carbocycles. The Morgan fingerprint density at radius 2 is 2.19 bits per heavy atom. The Morgan fingerprint density at radius 1 is 1.44 bits per heavy atom. The van der Waals surface area contributed by atoms with Gasteiger partial charge in [0.1, 0.15) is 5.54 Å². The number of hydrogen-bond donors (Lipinski definition) is 3. The summed E-state index contributed by atoms with van der Waals surface area (Å²) in [6.45, 7) is 0. The zero-order chi connectivity index (χ0) is 11.5. The SMILES string of the molecule is CN1[C@H]2C[C@@H](O)[C@@H]1C[C@@]1(C2)NC(=O)NC1=O. The van der Waals surface area contributed by atoms with E-state index in [2.05, 4.69) is 15.5 Å². The highest BCUT2D eigenvalue weighted by molar-refractivity contribution is 6.07. The molecule has 88 valence electrons. The van der Waals surface area contributed by atoms with Crippen LogP contribution < -0.4 is 10.6 Å². The van der Waals surface area contributed by atoms with E-state index in [1.807, 2.05) is 7.05 Å². The number of piperidine rings is 1. The maximum atomic E-state index is 11.8. The molecule has 6 nitrogen and oxygen atoms in total. The van der Waals surface area contributed by atoms with Gasteiger partial charge in [0.25, 0.3) is 5.91 Å². The molecule has 2 bridgehead atoms. The number of amides is 3. The fraction of sp³-hybridized carbons (Fsp3) is 0.800. The standard InChI is InChI=1S/C10H15N3O3/c1-13-5-2-7(14)6(13)4-10(3-5)8(15)11-9(16)12-10/h5-7,14H,2-4H2,1H3,(H2,11,12,15,16)/t5-,6-,7+,10+/m0/s1. The minimum Gasteiger partial charge on any atom is -0.391 e. The summed E-state index contributed by atoms with van der Waals surface area (Å²) in [6, 6.07) is -0.260. The van der Waals surface area contributed by atoms with Crippen LogP contribution in [-0.4, -0.2) is 52.7 Å². The summed E-state index contributed by atoms with van der Waals surface area (Å²) < 4.78 is 0. The lowest BCUT2D eigenvalue weighted by Crippen LogP contribution is -2.58. The minimum atomic E-state index is -0.781. The summed E-state index contributed by atoms with van der Waals surface area (Å²) in [5.41, 5.74) is -0.781. The van der Waals surface area contributed by atoms with Crippen molar-refractivity contribution >= 4 is 11.9 Å². The van der Waals surface area contributed by atoms with Gasteiger partial charge in [0.15, 0.2) is 0 Å². The van der Waals surface area contributed by atoms with E-state index < -0.39 is 11.6 Å². The predicted octanol–water partition coefficient (Wildman–Crippen LogP) is -1.21. The van der Waals surface area contributed by atoms with Gasteiger partial charge in [0, 0.05) is 12.1 Å². The molecule has 1 spiro atoms. The van der Waals surface area contributed by atoms with Gasteiger partial charge in [-0.2, -0.15) is 0 Å². The summed E-state index contributed by atoms with van der Waals surface area (Å²) in [5.74, 6) is -0.241. The molecule has 0 unspecified atom stereocenters. The molecular formula is C10H15N3O3. The average molecular weight is 225 g/mol. The van der Waals surface area contributed by atoms with Gasteiger partial charge in [0.05, 0.1) is 6.10 Å². The first-order valence-corrected chi connectivity index (χ1v) is 5.55. The lowest BCUT2D eigenvalue weighted by molar-refractivity contribution is -0.126. The Balaban J connectivity index is 1.91. The predicted molar refractivity (Wildman–Crippen MR) is 54.6 cm³/mol. The van der Waals surface area contributed by atoms with Crippen LogP contribution in [0, 0.1) is 0 Å². The summed E-state index contributed by atoms with van der Waals surface area (Å²) >= 11 is 0. The molecule has 3 rings (SSSR count). The number of aliphatic hydroxyl groups excluding tert-OH is 1. The average Bonchev–Trinajstić information content (AvgIpc) is 2.54. The Kier molecular flexibility index (Phi) is 1.85. The number of imide groups is 1. The molecule has 0 radical (unpaired) electrons. The van der Waals surface area contributed by atoms with E-state index >= 15 is 0 Å². The number of fused-ring (bicyclic) bond motifs is 2. The van der Waals surface area contributed by atoms with Crippen LogP contribution in [0.25, 0.3) is 0 Å². The van der Waals surface area contributed by atoms with E-state index in [1.54, 1.807) is 0 Å². The first kappa shape index (κ1) is 10.0. The van der Waals surface area contributed by atoms with Crippen molar-refractivity contribution < 1.29 is 14.7 Å². The van der Waals surface area contributed by atoms with E-state index in [0.29, 0.717) is 19.3 Å². The van der Waals surface area contributed by atoms with Crippen LogP contribution >= 0.6 is 0 Å². The van der Waals surface area contributed by atoms with E-state index in [-0.39, 0.29) is 24.1 Å².